The van der Waals surface area contributed by atoms with Crippen LogP contribution in [0.3, 0.4) is 0 Å². The number of benzene rings is 3. The van der Waals surface area contributed by atoms with Crippen molar-refractivity contribution < 1.29 is 9.47 Å². The van der Waals surface area contributed by atoms with Gasteiger partial charge in [0.1, 0.15) is 11.5 Å². The number of para-hydroxylation sites is 2. The summed E-state index contributed by atoms with van der Waals surface area (Å²) in [6.45, 7) is 5.62. The molecule has 3 aromatic carbocycles. The topological polar surface area (TPSA) is 36.3 Å². The average Bonchev–Trinajstić information content (AvgIpc) is 3.17. The van der Waals surface area contributed by atoms with Gasteiger partial charge in [0.2, 0.25) is 0 Å². The second-order valence-electron chi connectivity index (χ2n) is 7.52. The highest BCUT2D eigenvalue weighted by Crippen LogP contribution is 2.26. The molecule has 0 amide bonds. The quantitative estimate of drug-likeness (QED) is 0.270. The summed E-state index contributed by atoms with van der Waals surface area (Å²) >= 11 is 5.99. The number of aryl methyl sites for hydroxylation is 2. The Morgan fingerprint density at radius 2 is 1.65 bits per heavy atom. The summed E-state index contributed by atoms with van der Waals surface area (Å²) in [5.41, 5.74) is 3.40. The fourth-order valence-corrected chi connectivity index (χ4v) is 3.77. The van der Waals surface area contributed by atoms with Crippen LogP contribution >= 0.6 is 11.6 Å². The first kappa shape index (κ1) is 21.3. The number of ether oxygens (including phenoxy) is 2. The number of aromatic nitrogens is 2. The van der Waals surface area contributed by atoms with Crippen molar-refractivity contribution >= 4 is 22.6 Å². The smallest absolute Gasteiger partial charge is 0.153 e. The van der Waals surface area contributed by atoms with Crippen molar-refractivity contribution in [1.29, 1.82) is 0 Å². The van der Waals surface area contributed by atoms with E-state index < -0.39 is 0 Å². The molecule has 1 aromatic heterocycles. The Morgan fingerprint density at radius 1 is 0.935 bits per heavy atom. The minimum absolute atomic E-state index is 0.198. The van der Waals surface area contributed by atoms with E-state index >= 15 is 0 Å². The lowest BCUT2D eigenvalue weighted by Crippen LogP contribution is -2.13. The van der Waals surface area contributed by atoms with Crippen LogP contribution in [0.25, 0.3) is 11.0 Å². The minimum atomic E-state index is -0.198. The summed E-state index contributed by atoms with van der Waals surface area (Å²) in [4.78, 5) is 4.85. The van der Waals surface area contributed by atoms with E-state index in [2.05, 4.69) is 29.7 Å². The maximum atomic E-state index is 6.15. The molecule has 4 aromatic rings. The van der Waals surface area contributed by atoms with Gasteiger partial charge in [0.15, 0.2) is 11.9 Å². The van der Waals surface area contributed by atoms with Crippen molar-refractivity contribution in [2.45, 2.75) is 39.3 Å². The molecule has 0 aliphatic carbocycles. The monoisotopic (exact) mass is 434 g/mol. The number of imidazole rings is 1. The molecule has 4 rings (SSSR count). The van der Waals surface area contributed by atoms with Crippen LogP contribution in [0.4, 0.5) is 0 Å². The van der Waals surface area contributed by atoms with Gasteiger partial charge in [0.05, 0.1) is 17.6 Å². The van der Waals surface area contributed by atoms with Crippen LogP contribution in [0.5, 0.6) is 11.5 Å². The van der Waals surface area contributed by atoms with Gasteiger partial charge in [0.25, 0.3) is 0 Å². The van der Waals surface area contributed by atoms with Crippen LogP contribution in [0, 0.1) is 0 Å². The molecular weight excluding hydrogens is 408 g/mol. The maximum absolute atomic E-state index is 6.15. The molecule has 160 valence electrons. The molecule has 0 saturated heterocycles. The van der Waals surface area contributed by atoms with Gasteiger partial charge in [0, 0.05) is 11.6 Å². The molecule has 31 heavy (non-hydrogen) atoms. The van der Waals surface area contributed by atoms with E-state index in [0.29, 0.717) is 11.6 Å². The van der Waals surface area contributed by atoms with E-state index in [4.69, 9.17) is 26.1 Å². The Hall–Kier alpha value is -2.98. The fourth-order valence-electron chi connectivity index (χ4n) is 3.64. The van der Waals surface area contributed by atoms with Gasteiger partial charge in [-0.3, -0.25) is 0 Å². The summed E-state index contributed by atoms with van der Waals surface area (Å²) in [7, 11) is 0. The zero-order valence-corrected chi connectivity index (χ0v) is 18.7. The summed E-state index contributed by atoms with van der Waals surface area (Å²) in [5.74, 6) is 2.59. The molecule has 0 aliphatic heterocycles. The summed E-state index contributed by atoms with van der Waals surface area (Å²) < 4.78 is 14.3. The van der Waals surface area contributed by atoms with Gasteiger partial charge >= 0.3 is 0 Å². The van der Waals surface area contributed by atoms with Crippen LogP contribution in [-0.2, 0) is 13.0 Å². The zero-order chi connectivity index (χ0) is 21.6. The summed E-state index contributed by atoms with van der Waals surface area (Å²) in [6.07, 6.45) is 1.71. The first-order chi connectivity index (χ1) is 15.1. The maximum Gasteiger partial charge on any atom is 0.153 e. The van der Waals surface area contributed by atoms with Crippen molar-refractivity contribution in [2.24, 2.45) is 0 Å². The third-order valence-corrected chi connectivity index (χ3v) is 5.55. The van der Waals surface area contributed by atoms with E-state index in [0.717, 1.165) is 47.7 Å². The van der Waals surface area contributed by atoms with Gasteiger partial charge in [-0.25, -0.2) is 4.98 Å². The highest BCUT2D eigenvalue weighted by atomic mass is 35.5. The first-order valence-corrected chi connectivity index (χ1v) is 11.1. The molecule has 0 N–H and O–H groups in total. The molecule has 0 bridgehead atoms. The molecule has 1 heterocycles. The number of hydrogen-bond acceptors (Lipinski definition) is 3. The molecule has 1 unspecified atom stereocenters. The van der Waals surface area contributed by atoms with Gasteiger partial charge in [-0.05, 0) is 73.9 Å². The molecule has 0 radical (unpaired) electrons. The van der Waals surface area contributed by atoms with E-state index in [1.54, 1.807) is 0 Å². The SMILES string of the molecule is CCc1ccc(OCCCn2c(C(C)Oc3ccc(Cl)cc3)nc3ccccc32)cc1. The predicted molar refractivity (Wildman–Crippen MR) is 126 cm³/mol. The van der Waals surface area contributed by atoms with Crippen molar-refractivity contribution in [2.75, 3.05) is 6.61 Å². The number of fused-ring (bicyclic) bond motifs is 1. The second-order valence-corrected chi connectivity index (χ2v) is 7.96. The second kappa shape index (κ2) is 9.88. The predicted octanol–water partition coefficient (Wildman–Crippen LogP) is 6.86. The van der Waals surface area contributed by atoms with Crippen LogP contribution in [0.2, 0.25) is 5.02 Å². The molecule has 1 atom stereocenters. The first-order valence-electron chi connectivity index (χ1n) is 10.7. The van der Waals surface area contributed by atoms with Gasteiger partial charge in [-0.15, -0.1) is 0 Å². The van der Waals surface area contributed by atoms with E-state index in [1.165, 1.54) is 5.56 Å². The lowest BCUT2D eigenvalue weighted by atomic mass is 10.2. The molecule has 0 spiro atoms. The molecule has 5 heteroatoms. The van der Waals surface area contributed by atoms with Gasteiger partial charge in [-0.2, -0.15) is 0 Å². The highest BCUT2D eigenvalue weighted by Gasteiger charge is 2.18. The number of halogens is 1. The normalized spacial score (nSPS) is 12.1. The Morgan fingerprint density at radius 3 is 2.39 bits per heavy atom. The van der Waals surface area contributed by atoms with Crippen molar-refractivity contribution in [3.63, 3.8) is 0 Å². The van der Waals surface area contributed by atoms with E-state index in [9.17, 15) is 0 Å². The van der Waals surface area contributed by atoms with Crippen LogP contribution in [0.15, 0.2) is 72.8 Å². The highest BCUT2D eigenvalue weighted by molar-refractivity contribution is 6.30. The summed E-state index contributed by atoms with van der Waals surface area (Å²) in [6, 6.07) is 23.9. The Balaban J connectivity index is 1.46. The minimum Gasteiger partial charge on any atom is -0.494 e. The number of hydrogen-bond donors (Lipinski definition) is 0. The summed E-state index contributed by atoms with van der Waals surface area (Å²) in [5, 5.41) is 0.691. The van der Waals surface area contributed by atoms with Crippen LogP contribution in [-0.4, -0.2) is 16.2 Å². The third-order valence-electron chi connectivity index (χ3n) is 5.30. The number of rotatable bonds is 9. The molecule has 0 fully saturated rings. The van der Waals surface area contributed by atoms with E-state index in [-0.39, 0.29) is 6.10 Å². The Labute approximate surface area is 188 Å². The lowest BCUT2D eigenvalue weighted by Gasteiger charge is -2.17. The molecular formula is C26H27ClN2O2. The fraction of sp³-hybridized carbons (Fsp3) is 0.269. The Kier molecular flexibility index (Phi) is 6.78. The Bertz CT molecular complexity index is 1120. The van der Waals surface area contributed by atoms with Crippen molar-refractivity contribution in [3.8, 4) is 11.5 Å². The largest absolute Gasteiger partial charge is 0.494 e. The standard InChI is InChI=1S/C26H27ClN2O2/c1-3-20-9-13-22(14-10-20)30-18-6-17-29-25-8-5-4-7-24(25)28-26(29)19(2)31-23-15-11-21(27)12-16-23/h4-5,7-16,19H,3,6,17-18H2,1-2H3. The molecule has 4 nitrogen and oxygen atoms in total. The molecule has 0 saturated carbocycles. The number of nitrogens with zero attached hydrogens (tertiary/aromatic N) is 2. The van der Waals surface area contributed by atoms with Crippen LogP contribution < -0.4 is 9.47 Å². The third kappa shape index (κ3) is 5.20. The van der Waals surface area contributed by atoms with Gasteiger partial charge in [-0.1, -0.05) is 42.8 Å². The van der Waals surface area contributed by atoms with Gasteiger partial charge < -0.3 is 14.0 Å². The lowest BCUT2D eigenvalue weighted by molar-refractivity contribution is 0.210. The zero-order valence-electron chi connectivity index (χ0n) is 17.9. The molecule has 0 aliphatic rings. The van der Waals surface area contributed by atoms with Crippen molar-refractivity contribution in [3.05, 3.63) is 89.2 Å². The van der Waals surface area contributed by atoms with E-state index in [1.807, 2.05) is 61.5 Å². The average molecular weight is 435 g/mol. The van der Waals surface area contributed by atoms with Crippen molar-refractivity contribution in [1.82, 2.24) is 9.55 Å². The van der Waals surface area contributed by atoms with Crippen LogP contribution in [0.1, 0.15) is 37.8 Å².